The quantitative estimate of drug-likeness (QED) is 0.443. The summed E-state index contributed by atoms with van der Waals surface area (Å²) in [6.45, 7) is 2.34. The molecule has 0 unspecified atom stereocenters. The first-order chi connectivity index (χ1) is 15.3. The highest BCUT2D eigenvalue weighted by atomic mass is 19.4. The number of nitrogens with zero attached hydrogens (tertiary/aromatic N) is 2. The van der Waals surface area contributed by atoms with Crippen LogP contribution in [0.5, 0.6) is 0 Å². The molecule has 0 saturated heterocycles. The fourth-order valence-electron chi connectivity index (χ4n) is 3.50. The topological polar surface area (TPSA) is 88.5 Å². The molecule has 0 saturated carbocycles. The normalized spacial score (nSPS) is 11.9. The Labute approximate surface area is 179 Å². The van der Waals surface area contributed by atoms with Crippen molar-refractivity contribution >= 4 is 22.6 Å². The van der Waals surface area contributed by atoms with E-state index in [2.05, 4.69) is 15.3 Å². The molecule has 0 amide bonds. The van der Waals surface area contributed by atoms with Gasteiger partial charge in [-0.05, 0) is 30.7 Å². The number of aromatic amines is 1. The number of aromatic nitrogens is 3. The summed E-state index contributed by atoms with van der Waals surface area (Å²) >= 11 is 0. The maximum Gasteiger partial charge on any atom is 0.416 e. The van der Waals surface area contributed by atoms with Crippen LogP contribution in [0.2, 0.25) is 0 Å². The van der Waals surface area contributed by atoms with Gasteiger partial charge >= 0.3 is 12.1 Å². The number of alkyl halides is 3. The summed E-state index contributed by atoms with van der Waals surface area (Å²) in [5.41, 5.74) is -0.184. The Balaban J connectivity index is 1.85. The third-order valence-corrected chi connectivity index (χ3v) is 4.92. The molecule has 7 nitrogen and oxygen atoms in total. The summed E-state index contributed by atoms with van der Waals surface area (Å²) in [6, 6.07) is 12.5. The van der Waals surface area contributed by atoms with Gasteiger partial charge in [-0.15, -0.1) is 0 Å². The lowest BCUT2D eigenvalue weighted by molar-refractivity contribution is -0.137. The predicted octanol–water partition coefficient (Wildman–Crippen LogP) is 3.66. The summed E-state index contributed by atoms with van der Waals surface area (Å²) < 4.78 is 45.9. The molecule has 0 aliphatic heterocycles. The highest BCUT2D eigenvalue weighted by Crippen LogP contribution is 2.31. The van der Waals surface area contributed by atoms with Gasteiger partial charge in [-0.1, -0.05) is 30.3 Å². The molecule has 0 atom stereocenters. The molecular weight excluding hydrogens is 425 g/mol. The number of nitrogens with one attached hydrogen (secondary N) is 2. The maximum atomic E-state index is 13.1. The average molecular weight is 444 g/mol. The molecule has 32 heavy (non-hydrogen) atoms. The van der Waals surface area contributed by atoms with Crippen LogP contribution in [-0.2, 0) is 24.0 Å². The first-order valence-electron chi connectivity index (χ1n) is 9.86. The zero-order valence-corrected chi connectivity index (χ0v) is 17.0. The summed E-state index contributed by atoms with van der Waals surface area (Å²) in [7, 11) is 0. The number of H-pyrrole nitrogens is 1. The number of halogens is 3. The lowest BCUT2D eigenvalue weighted by Crippen LogP contribution is -2.19. The molecule has 2 N–H and O–H groups in total. The molecule has 4 rings (SSSR count). The first-order valence-corrected chi connectivity index (χ1v) is 9.86. The Kier molecular flexibility index (Phi) is 5.70. The van der Waals surface area contributed by atoms with Crippen molar-refractivity contribution in [3.8, 4) is 0 Å². The van der Waals surface area contributed by atoms with Crippen LogP contribution >= 0.6 is 0 Å². The van der Waals surface area contributed by atoms with Crippen molar-refractivity contribution in [3.63, 3.8) is 0 Å². The first kappa shape index (κ1) is 21.6. The van der Waals surface area contributed by atoms with E-state index in [1.165, 1.54) is 10.5 Å². The van der Waals surface area contributed by atoms with Gasteiger partial charge in [-0.3, -0.25) is 9.20 Å². The highest BCUT2D eigenvalue weighted by molar-refractivity contribution is 5.91. The SMILES string of the molecule is CCOC(=O)c1nc2c(=O)[nH]c3cc(C(F)(F)F)ccc3n2c1CNCc1ccccc1. The Morgan fingerprint density at radius 2 is 1.91 bits per heavy atom. The molecule has 0 radical (unpaired) electrons. The smallest absolute Gasteiger partial charge is 0.416 e. The monoisotopic (exact) mass is 444 g/mol. The molecule has 0 aliphatic carbocycles. The summed E-state index contributed by atoms with van der Waals surface area (Å²) in [5, 5.41) is 3.19. The molecule has 0 fully saturated rings. The summed E-state index contributed by atoms with van der Waals surface area (Å²) in [6.07, 6.45) is -4.56. The number of carbonyl (C=O) groups is 1. The zero-order chi connectivity index (χ0) is 22.9. The number of hydrogen-bond acceptors (Lipinski definition) is 5. The number of fused-ring (bicyclic) bond motifs is 3. The zero-order valence-electron chi connectivity index (χ0n) is 17.0. The molecule has 166 valence electrons. The minimum absolute atomic E-state index is 0.0190. The van der Waals surface area contributed by atoms with Gasteiger partial charge in [0.05, 0.1) is 28.9 Å². The van der Waals surface area contributed by atoms with E-state index in [1.54, 1.807) is 6.92 Å². The van der Waals surface area contributed by atoms with Gasteiger partial charge in [-0.2, -0.15) is 13.2 Å². The number of esters is 1. The van der Waals surface area contributed by atoms with E-state index in [0.717, 1.165) is 17.7 Å². The Bertz CT molecular complexity index is 1340. The van der Waals surface area contributed by atoms with Crippen LogP contribution in [0.4, 0.5) is 13.2 Å². The summed E-state index contributed by atoms with van der Waals surface area (Å²) in [4.78, 5) is 31.7. The third-order valence-electron chi connectivity index (χ3n) is 4.92. The number of rotatable bonds is 6. The van der Waals surface area contributed by atoms with Gasteiger partial charge in [-0.25, -0.2) is 9.78 Å². The summed E-state index contributed by atoms with van der Waals surface area (Å²) in [5.74, 6) is -0.716. The molecule has 0 aliphatic rings. The van der Waals surface area contributed by atoms with Crippen molar-refractivity contribution < 1.29 is 22.7 Å². The number of ether oxygens (including phenoxy) is 1. The van der Waals surface area contributed by atoms with Crippen LogP contribution in [0.15, 0.2) is 53.3 Å². The fraction of sp³-hybridized carbons (Fsp3) is 0.227. The predicted molar refractivity (Wildman–Crippen MR) is 111 cm³/mol. The number of carbonyl (C=O) groups excluding carboxylic acids is 1. The molecule has 10 heteroatoms. The van der Waals surface area contributed by atoms with E-state index >= 15 is 0 Å². The van der Waals surface area contributed by atoms with Gasteiger partial charge in [0.2, 0.25) is 5.65 Å². The Hall–Kier alpha value is -3.66. The fourth-order valence-corrected chi connectivity index (χ4v) is 3.50. The largest absolute Gasteiger partial charge is 0.461 e. The maximum absolute atomic E-state index is 13.1. The third kappa shape index (κ3) is 4.09. The van der Waals surface area contributed by atoms with E-state index in [9.17, 15) is 22.8 Å². The van der Waals surface area contributed by atoms with E-state index in [4.69, 9.17) is 4.74 Å². The van der Waals surface area contributed by atoms with Crippen molar-refractivity contribution in [2.75, 3.05) is 6.61 Å². The Morgan fingerprint density at radius 3 is 2.59 bits per heavy atom. The lowest BCUT2D eigenvalue weighted by atomic mass is 10.2. The van der Waals surface area contributed by atoms with Crippen molar-refractivity contribution in [3.05, 3.63) is 81.4 Å². The van der Waals surface area contributed by atoms with Crippen LogP contribution in [0.25, 0.3) is 16.7 Å². The van der Waals surface area contributed by atoms with Crippen molar-refractivity contribution in [1.82, 2.24) is 19.7 Å². The lowest BCUT2D eigenvalue weighted by Gasteiger charge is -2.11. The van der Waals surface area contributed by atoms with Crippen LogP contribution in [-0.4, -0.2) is 26.9 Å². The molecule has 2 aromatic heterocycles. The van der Waals surface area contributed by atoms with E-state index in [-0.39, 0.29) is 35.5 Å². The minimum atomic E-state index is -4.56. The molecule has 2 heterocycles. The van der Waals surface area contributed by atoms with Crippen LogP contribution < -0.4 is 10.9 Å². The van der Waals surface area contributed by atoms with E-state index in [1.807, 2.05) is 30.3 Å². The Morgan fingerprint density at radius 1 is 1.16 bits per heavy atom. The second-order valence-corrected chi connectivity index (χ2v) is 7.06. The van der Waals surface area contributed by atoms with Gasteiger partial charge in [0.25, 0.3) is 5.56 Å². The van der Waals surface area contributed by atoms with Crippen LogP contribution in [0, 0.1) is 0 Å². The molecule has 0 bridgehead atoms. The van der Waals surface area contributed by atoms with E-state index in [0.29, 0.717) is 12.2 Å². The van der Waals surface area contributed by atoms with E-state index < -0.39 is 23.3 Å². The highest BCUT2D eigenvalue weighted by Gasteiger charge is 2.31. The van der Waals surface area contributed by atoms with Gasteiger partial charge in [0.1, 0.15) is 0 Å². The number of hydrogen-bond donors (Lipinski definition) is 2. The van der Waals surface area contributed by atoms with Crippen molar-refractivity contribution in [2.45, 2.75) is 26.2 Å². The van der Waals surface area contributed by atoms with Gasteiger partial charge in [0.15, 0.2) is 5.69 Å². The van der Waals surface area contributed by atoms with Crippen molar-refractivity contribution in [1.29, 1.82) is 0 Å². The van der Waals surface area contributed by atoms with Crippen molar-refractivity contribution in [2.24, 2.45) is 0 Å². The standard InChI is InChI=1S/C22H19F3N4O3/c1-2-32-21(31)18-17(12-26-11-13-6-4-3-5-7-13)29-16-9-8-14(22(23,24)25)10-15(16)27-20(30)19(29)28-18/h3-10,26H,2,11-12H2,1H3,(H,27,30). The number of benzene rings is 2. The second kappa shape index (κ2) is 8.46. The van der Waals surface area contributed by atoms with Gasteiger partial charge in [0, 0.05) is 13.1 Å². The molecule has 4 aromatic rings. The van der Waals surface area contributed by atoms with Crippen LogP contribution in [0.1, 0.15) is 34.2 Å². The molecule has 0 spiro atoms. The molecule has 2 aromatic carbocycles. The molecular formula is C22H19F3N4O3. The second-order valence-electron chi connectivity index (χ2n) is 7.06. The van der Waals surface area contributed by atoms with Gasteiger partial charge < -0.3 is 15.0 Å². The number of imidazole rings is 1. The minimum Gasteiger partial charge on any atom is -0.461 e. The van der Waals surface area contributed by atoms with Crippen LogP contribution in [0.3, 0.4) is 0 Å². The average Bonchev–Trinajstić information content (AvgIpc) is 3.14.